The molecule has 0 saturated carbocycles. The molecule has 0 saturated heterocycles. The number of amides is 1. The molecule has 2 N–H and O–H groups in total. The van der Waals surface area contributed by atoms with E-state index in [1.165, 1.54) is 0 Å². The van der Waals surface area contributed by atoms with E-state index >= 15 is 0 Å². The normalized spacial score (nSPS) is 10.4. The highest BCUT2D eigenvalue weighted by Crippen LogP contribution is 2.21. The summed E-state index contributed by atoms with van der Waals surface area (Å²) in [4.78, 5) is 20.8. The quantitative estimate of drug-likeness (QED) is 0.701. The van der Waals surface area contributed by atoms with Gasteiger partial charge in [-0.1, -0.05) is 41.9 Å². The minimum Gasteiger partial charge on any atom is -0.347 e. The Kier molecular flexibility index (Phi) is 5.49. The fourth-order valence-electron chi connectivity index (χ4n) is 2.42. The molecule has 26 heavy (non-hydrogen) atoms. The Morgan fingerprint density at radius 1 is 1.08 bits per heavy atom. The van der Waals surface area contributed by atoms with E-state index in [1.807, 2.05) is 50.2 Å². The Balaban J connectivity index is 1.69. The fourth-order valence-corrected chi connectivity index (χ4v) is 2.60. The summed E-state index contributed by atoms with van der Waals surface area (Å²) in [6.45, 7) is 4.40. The Labute approximate surface area is 157 Å². The van der Waals surface area contributed by atoms with E-state index in [0.717, 1.165) is 22.4 Å². The van der Waals surface area contributed by atoms with Crippen molar-refractivity contribution < 1.29 is 4.79 Å². The first-order valence-corrected chi connectivity index (χ1v) is 8.59. The Hall–Kier alpha value is -2.92. The van der Waals surface area contributed by atoms with E-state index < -0.39 is 0 Å². The highest BCUT2D eigenvalue weighted by Gasteiger charge is 2.10. The number of nitrogens with one attached hydrogen (secondary N) is 2. The monoisotopic (exact) mass is 366 g/mol. The zero-order valence-electron chi connectivity index (χ0n) is 14.6. The molecular formula is C20H19ClN4O. The zero-order valence-corrected chi connectivity index (χ0v) is 15.3. The van der Waals surface area contributed by atoms with Crippen LogP contribution in [0.15, 0.2) is 54.7 Å². The van der Waals surface area contributed by atoms with Crippen molar-refractivity contribution in [3.8, 4) is 0 Å². The lowest BCUT2D eigenvalue weighted by Gasteiger charge is -2.09. The van der Waals surface area contributed by atoms with Gasteiger partial charge in [-0.05, 0) is 48.7 Å². The number of anilines is 2. The van der Waals surface area contributed by atoms with Crippen molar-refractivity contribution >= 4 is 29.1 Å². The van der Waals surface area contributed by atoms with Crippen LogP contribution in [0, 0.1) is 13.8 Å². The maximum atomic E-state index is 12.4. The third-order valence-electron chi connectivity index (χ3n) is 4.02. The third kappa shape index (κ3) is 4.37. The van der Waals surface area contributed by atoms with Crippen LogP contribution in [0.25, 0.3) is 0 Å². The van der Waals surface area contributed by atoms with E-state index in [-0.39, 0.29) is 5.91 Å². The van der Waals surface area contributed by atoms with Crippen LogP contribution in [0.3, 0.4) is 0 Å². The largest absolute Gasteiger partial charge is 0.347 e. The van der Waals surface area contributed by atoms with Crippen molar-refractivity contribution in [3.63, 3.8) is 0 Å². The van der Waals surface area contributed by atoms with Gasteiger partial charge in [-0.2, -0.15) is 0 Å². The molecule has 0 fully saturated rings. The minimum atomic E-state index is -0.249. The van der Waals surface area contributed by atoms with Gasteiger partial charge in [-0.25, -0.2) is 9.97 Å². The molecule has 1 heterocycles. The molecule has 5 nitrogen and oxygen atoms in total. The van der Waals surface area contributed by atoms with Gasteiger partial charge in [0.15, 0.2) is 0 Å². The number of carbonyl (C=O) groups is 1. The number of benzene rings is 2. The average Bonchev–Trinajstić information content (AvgIpc) is 2.64. The van der Waals surface area contributed by atoms with Gasteiger partial charge in [0, 0.05) is 23.5 Å². The van der Waals surface area contributed by atoms with Crippen molar-refractivity contribution in [2.75, 3.05) is 5.32 Å². The molecule has 0 radical (unpaired) electrons. The first-order chi connectivity index (χ1) is 12.5. The van der Waals surface area contributed by atoms with Gasteiger partial charge in [0.25, 0.3) is 5.91 Å². The van der Waals surface area contributed by atoms with Gasteiger partial charge in [-0.3, -0.25) is 4.79 Å². The Morgan fingerprint density at radius 3 is 2.65 bits per heavy atom. The Bertz CT molecular complexity index is 943. The number of hydrogen-bond acceptors (Lipinski definition) is 4. The summed E-state index contributed by atoms with van der Waals surface area (Å²) in [5, 5.41) is 6.60. The van der Waals surface area contributed by atoms with Crippen LogP contribution in [0.4, 0.5) is 11.6 Å². The molecule has 1 amide bonds. The van der Waals surface area contributed by atoms with Crippen LogP contribution < -0.4 is 10.6 Å². The lowest BCUT2D eigenvalue weighted by atomic mass is 10.1. The lowest BCUT2D eigenvalue weighted by molar-refractivity contribution is 0.0946. The van der Waals surface area contributed by atoms with E-state index in [9.17, 15) is 4.79 Å². The van der Waals surface area contributed by atoms with E-state index in [1.54, 1.807) is 18.3 Å². The maximum absolute atomic E-state index is 12.4. The number of carbonyl (C=O) groups excluding carboxylic acids is 1. The molecule has 0 unspecified atom stereocenters. The second kappa shape index (κ2) is 7.97. The summed E-state index contributed by atoms with van der Waals surface area (Å²) in [5.41, 5.74) is 4.26. The first kappa shape index (κ1) is 17.9. The molecule has 2 aromatic carbocycles. The predicted octanol–water partition coefficient (Wildman–Crippen LogP) is 4.42. The van der Waals surface area contributed by atoms with Gasteiger partial charge in [0.05, 0.1) is 0 Å². The minimum absolute atomic E-state index is 0.249. The van der Waals surface area contributed by atoms with Crippen molar-refractivity contribution in [1.82, 2.24) is 15.3 Å². The van der Waals surface area contributed by atoms with Crippen LogP contribution in [0.2, 0.25) is 5.02 Å². The van der Waals surface area contributed by atoms with E-state index in [2.05, 4.69) is 20.6 Å². The molecule has 0 atom stereocenters. The van der Waals surface area contributed by atoms with E-state index in [0.29, 0.717) is 23.2 Å². The summed E-state index contributed by atoms with van der Waals surface area (Å²) in [6.07, 6.45) is 1.55. The number of nitrogens with zero attached hydrogens (tertiary/aromatic N) is 2. The molecule has 0 bridgehead atoms. The second-order valence-electron chi connectivity index (χ2n) is 5.96. The van der Waals surface area contributed by atoms with Crippen LogP contribution in [-0.2, 0) is 6.54 Å². The summed E-state index contributed by atoms with van der Waals surface area (Å²) < 4.78 is 0. The van der Waals surface area contributed by atoms with Crippen LogP contribution in [0.5, 0.6) is 0 Å². The van der Waals surface area contributed by atoms with Gasteiger partial charge >= 0.3 is 0 Å². The van der Waals surface area contributed by atoms with Crippen molar-refractivity contribution in [2.24, 2.45) is 0 Å². The molecule has 132 valence electrons. The molecule has 3 rings (SSSR count). The maximum Gasteiger partial charge on any atom is 0.270 e. The SMILES string of the molecule is Cc1ccc(Nc2nccc(C(=O)NCc3ccccc3C)n2)cc1Cl. The van der Waals surface area contributed by atoms with E-state index in [4.69, 9.17) is 11.6 Å². The molecule has 0 spiro atoms. The number of halogens is 1. The summed E-state index contributed by atoms with van der Waals surface area (Å²) in [7, 11) is 0. The van der Waals surface area contributed by atoms with Crippen LogP contribution in [-0.4, -0.2) is 15.9 Å². The molecule has 0 aliphatic heterocycles. The molecule has 3 aromatic rings. The number of aryl methyl sites for hydroxylation is 2. The number of rotatable bonds is 5. The average molecular weight is 367 g/mol. The van der Waals surface area contributed by atoms with Crippen molar-refractivity contribution in [2.45, 2.75) is 20.4 Å². The van der Waals surface area contributed by atoms with Crippen LogP contribution >= 0.6 is 11.6 Å². The van der Waals surface area contributed by atoms with Gasteiger partial charge in [-0.15, -0.1) is 0 Å². The standard InChI is InChI=1S/C20H19ClN4O/c1-13-5-3-4-6-15(13)12-23-19(26)18-9-10-22-20(25-18)24-16-8-7-14(2)17(21)11-16/h3-11H,12H2,1-2H3,(H,23,26)(H,22,24,25). The van der Waals surface area contributed by atoms with Gasteiger partial charge < -0.3 is 10.6 Å². The summed E-state index contributed by atoms with van der Waals surface area (Å²) >= 11 is 6.13. The molecule has 0 aliphatic carbocycles. The zero-order chi connectivity index (χ0) is 18.5. The second-order valence-corrected chi connectivity index (χ2v) is 6.37. The fraction of sp³-hybridized carbons (Fsp3) is 0.150. The summed E-state index contributed by atoms with van der Waals surface area (Å²) in [6, 6.07) is 15.1. The van der Waals surface area contributed by atoms with Gasteiger partial charge in [0.2, 0.25) is 5.95 Å². The highest BCUT2D eigenvalue weighted by molar-refractivity contribution is 6.31. The lowest BCUT2D eigenvalue weighted by Crippen LogP contribution is -2.24. The van der Waals surface area contributed by atoms with Gasteiger partial charge in [0.1, 0.15) is 5.69 Å². The predicted molar refractivity (Wildman–Crippen MR) is 104 cm³/mol. The topological polar surface area (TPSA) is 66.9 Å². The molecule has 1 aromatic heterocycles. The number of aromatic nitrogens is 2. The molecule has 0 aliphatic rings. The van der Waals surface area contributed by atoms with Crippen molar-refractivity contribution in [1.29, 1.82) is 0 Å². The first-order valence-electron chi connectivity index (χ1n) is 8.22. The highest BCUT2D eigenvalue weighted by atomic mass is 35.5. The molecular weight excluding hydrogens is 348 g/mol. The Morgan fingerprint density at radius 2 is 1.88 bits per heavy atom. The molecule has 6 heteroatoms. The third-order valence-corrected chi connectivity index (χ3v) is 4.42. The summed E-state index contributed by atoms with van der Waals surface area (Å²) in [5.74, 6) is 0.0918. The van der Waals surface area contributed by atoms with Crippen molar-refractivity contribution in [3.05, 3.63) is 82.1 Å². The van der Waals surface area contributed by atoms with Crippen LogP contribution in [0.1, 0.15) is 27.2 Å². The number of hydrogen-bond donors (Lipinski definition) is 2. The smallest absolute Gasteiger partial charge is 0.270 e.